The van der Waals surface area contributed by atoms with Gasteiger partial charge in [0.25, 0.3) is 0 Å². The molecule has 3 aromatic carbocycles. The quantitative estimate of drug-likeness (QED) is 0.147. The zero-order valence-electron chi connectivity index (χ0n) is 37.3. The minimum Gasteiger partial charge on any atom is -0.444 e. The molecule has 348 valence electrons. The maximum absolute atomic E-state index is 14.2. The average molecular weight is 1080 g/mol. The van der Waals surface area contributed by atoms with E-state index in [2.05, 4.69) is 47.8 Å². The van der Waals surface area contributed by atoms with Gasteiger partial charge in [0, 0.05) is 54.3 Å². The lowest BCUT2D eigenvalue weighted by Gasteiger charge is -2.32. The highest BCUT2D eigenvalue weighted by Crippen LogP contribution is 2.39. The van der Waals surface area contributed by atoms with E-state index < -0.39 is 34.6 Å². The monoisotopic (exact) mass is 1080 g/mol. The molecule has 6 rings (SSSR count). The standard InChI is InChI=1S/C16H19BrF3NO2.2C15H19BrFNO2/c1-15(2,3)23-14(22)21-7-6-12-11(9-21)5-4-10(8-17)13(12)16(18,19)20;1-15(2,3)20-14(19)18-5-4-11-6-10(8-16)7-13(17)12(11)9-18;1-15(2,3)20-14(19)18-7-6-12-11(9-18)5-4-10(8-16)13(12)17/h4-5H,6-9H2,1-3H3;6-7H,4-5,8-9H2,1-3H3;4-5H,6-9H2,1-3H3. The number of halogens is 8. The molecule has 0 radical (unpaired) electrons. The highest BCUT2D eigenvalue weighted by Gasteiger charge is 2.39. The summed E-state index contributed by atoms with van der Waals surface area (Å²) in [4.78, 5) is 40.8. The van der Waals surface area contributed by atoms with Gasteiger partial charge in [-0.1, -0.05) is 78.1 Å². The Labute approximate surface area is 392 Å². The Balaban J connectivity index is 0.000000208. The van der Waals surface area contributed by atoms with Crippen LogP contribution < -0.4 is 0 Å². The van der Waals surface area contributed by atoms with Crippen molar-refractivity contribution in [1.82, 2.24) is 14.7 Å². The number of hydrogen-bond donors (Lipinski definition) is 0. The Kier molecular flexibility index (Phi) is 17.6. The molecule has 0 unspecified atom stereocenters. The van der Waals surface area contributed by atoms with Gasteiger partial charge in [0.1, 0.15) is 28.4 Å². The maximum Gasteiger partial charge on any atom is 0.416 e. The highest BCUT2D eigenvalue weighted by atomic mass is 79.9. The fourth-order valence-corrected chi connectivity index (χ4v) is 8.36. The van der Waals surface area contributed by atoms with Crippen LogP contribution in [0.3, 0.4) is 0 Å². The van der Waals surface area contributed by atoms with E-state index in [1.54, 1.807) is 42.7 Å². The molecule has 0 aliphatic carbocycles. The van der Waals surface area contributed by atoms with E-state index in [-0.39, 0.29) is 66.3 Å². The second-order valence-electron chi connectivity index (χ2n) is 18.5. The van der Waals surface area contributed by atoms with E-state index in [0.717, 1.165) is 22.3 Å². The van der Waals surface area contributed by atoms with Crippen molar-refractivity contribution < 1.29 is 50.5 Å². The normalized spacial score (nSPS) is 15.1. The lowest BCUT2D eigenvalue weighted by molar-refractivity contribution is -0.138. The highest BCUT2D eigenvalue weighted by molar-refractivity contribution is 9.09. The molecule has 63 heavy (non-hydrogen) atoms. The first kappa shape index (κ1) is 52.2. The Hall–Kier alpha value is -3.44. The molecule has 0 saturated carbocycles. The summed E-state index contributed by atoms with van der Waals surface area (Å²) >= 11 is 9.73. The molecule has 3 aliphatic heterocycles. The van der Waals surface area contributed by atoms with Gasteiger partial charge in [0.2, 0.25) is 0 Å². The van der Waals surface area contributed by atoms with Crippen LogP contribution in [-0.4, -0.2) is 69.4 Å². The molecule has 3 heterocycles. The van der Waals surface area contributed by atoms with Crippen LogP contribution in [0.1, 0.15) is 118 Å². The summed E-state index contributed by atoms with van der Waals surface area (Å²) < 4.78 is 84.4. The summed E-state index contributed by atoms with van der Waals surface area (Å²) in [5.41, 5.74) is 3.55. The largest absolute Gasteiger partial charge is 0.444 e. The number of carbonyl (C=O) groups is 3. The Bertz CT molecular complexity index is 2130. The second kappa shape index (κ2) is 21.2. The minimum atomic E-state index is -4.40. The fourth-order valence-electron chi connectivity index (χ4n) is 7.14. The first-order chi connectivity index (χ1) is 29.1. The summed E-state index contributed by atoms with van der Waals surface area (Å²) in [6.07, 6.45) is -4.26. The van der Waals surface area contributed by atoms with Crippen molar-refractivity contribution in [3.8, 4) is 0 Å². The zero-order chi connectivity index (χ0) is 47.2. The lowest BCUT2D eigenvalue weighted by atomic mass is 9.91. The number of nitrogens with zero attached hydrogens (tertiary/aromatic N) is 3. The second-order valence-corrected chi connectivity index (χ2v) is 20.2. The maximum atomic E-state index is 14.2. The van der Waals surface area contributed by atoms with Crippen LogP contribution in [0.2, 0.25) is 0 Å². The van der Waals surface area contributed by atoms with Gasteiger partial charge in [0.05, 0.1) is 12.1 Å². The van der Waals surface area contributed by atoms with Crippen molar-refractivity contribution in [1.29, 1.82) is 0 Å². The predicted molar refractivity (Wildman–Crippen MR) is 243 cm³/mol. The van der Waals surface area contributed by atoms with Gasteiger partial charge in [-0.25, -0.2) is 23.2 Å². The van der Waals surface area contributed by atoms with Gasteiger partial charge < -0.3 is 28.9 Å². The molecule has 0 bridgehead atoms. The van der Waals surface area contributed by atoms with E-state index in [4.69, 9.17) is 14.2 Å². The van der Waals surface area contributed by atoms with Gasteiger partial charge in [-0.15, -0.1) is 0 Å². The topological polar surface area (TPSA) is 88.6 Å². The molecule has 17 heteroatoms. The third kappa shape index (κ3) is 14.8. The van der Waals surface area contributed by atoms with Gasteiger partial charge in [0.15, 0.2) is 0 Å². The number of rotatable bonds is 3. The van der Waals surface area contributed by atoms with Crippen molar-refractivity contribution in [3.63, 3.8) is 0 Å². The minimum absolute atomic E-state index is 0.135. The number of fused-ring (bicyclic) bond motifs is 3. The number of alkyl halides is 6. The van der Waals surface area contributed by atoms with Crippen molar-refractivity contribution in [2.24, 2.45) is 0 Å². The van der Waals surface area contributed by atoms with Crippen LogP contribution >= 0.6 is 47.8 Å². The predicted octanol–water partition coefficient (Wildman–Crippen LogP) is 12.9. The molecule has 0 aromatic heterocycles. The van der Waals surface area contributed by atoms with Crippen molar-refractivity contribution in [3.05, 3.63) is 104 Å². The Morgan fingerprint density at radius 3 is 1.43 bits per heavy atom. The first-order valence-corrected chi connectivity index (χ1v) is 23.9. The summed E-state index contributed by atoms with van der Waals surface area (Å²) in [5.74, 6) is -0.395. The summed E-state index contributed by atoms with van der Waals surface area (Å²) in [6.45, 7) is 18.3. The number of ether oxygens (including phenoxy) is 3. The third-order valence-electron chi connectivity index (χ3n) is 9.93. The van der Waals surface area contributed by atoms with Crippen LogP contribution in [0.15, 0.2) is 36.4 Å². The van der Waals surface area contributed by atoms with E-state index in [1.165, 1.54) is 17.0 Å². The zero-order valence-corrected chi connectivity index (χ0v) is 42.0. The molecular weight excluding hydrogens is 1030 g/mol. The van der Waals surface area contributed by atoms with Gasteiger partial charge in [-0.05, 0) is 132 Å². The molecule has 0 fully saturated rings. The summed E-state index contributed by atoms with van der Waals surface area (Å²) in [7, 11) is 0. The average Bonchev–Trinajstić information content (AvgIpc) is 3.18. The number of hydrogen-bond acceptors (Lipinski definition) is 6. The molecule has 9 nitrogen and oxygen atoms in total. The SMILES string of the molecule is CC(C)(C)OC(=O)N1CCc2c(ccc(CBr)c2C(F)(F)F)C1.CC(C)(C)OC(=O)N1CCc2c(ccc(CBr)c2F)C1.CC(C)(C)OC(=O)N1CCc2cc(CBr)cc(F)c2C1. The molecule has 3 aliphatic rings. The molecule has 3 amide bonds. The fraction of sp³-hybridized carbons (Fsp3) is 0.543. The number of carbonyl (C=O) groups excluding carboxylic acids is 3. The van der Waals surface area contributed by atoms with Crippen LogP contribution in [-0.2, 0) is 75.3 Å². The third-order valence-corrected chi connectivity index (χ3v) is 11.8. The van der Waals surface area contributed by atoms with Crippen LogP contribution in [0.5, 0.6) is 0 Å². The van der Waals surface area contributed by atoms with E-state index in [9.17, 15) is 36.3 Å². The molecule has 0 saturated heterocycles. The van der Waals surface area contributed by atoms with Crippen LogP contribution in [0.4, 0.5) is 36.3 Å². The summed E-state index contributed by atoms with van der Waals surface area (Å²) in [5, 5.41) is 1.28. The number of amides is 3. The van der Waals surface area contributed by atoms with Gasteiger partial charge >= 0.3 is 24.5 Å². The Morgan fingerprint density at radius 1 is 0.556 bits per heavy atom. The molecular formula is C46H57Br3F5N3O6. The smallest absolute Gasteiger partial charge is 0.416 e. The van der Waals surface area contributed by atoms with Gasteiger partial charge in [-0.3, -0.25) is 0 Å². The molecule has 0 atom stereocenters. The lowest BCUT2D eigenvalue weighted by Crippen LogP contribution is -2.40. The van der Waals surface area contributed by atoms with Crippen molar-refractivity contribution in [2.45, 2.75) is 140 Å². The van der Waals surface area contributed by atoms with E-state index in [0.29, 0.717) is 59.8 Å². The first-order valence-electron chi connectivity index (χ1n) is 20.6. The Morgan fingerprint density at radius 2 is 0.984 bits per heavy atom. The van der Waals surface area contributed by atoms with Crippen molar-refractivity contribution >= 4 is 66.1 Å². The van der Waals surface area contributed by atoms with E-state index in [1.807, 2.05) is 53.7 Å². The molecule has 0 spiro atoms. The molecule has 0 N–H and O–H groups in total. The molecule has 3 aromatic rings. The van der Waals surface area contributed by atoms with Crippen molar-refractivity contribution in [2.75, 3.05) is 19.6 Å². The van der Waals surface area contributed by atoms with E-state index >= 15 is 0 Å². The van der Waals surface area contributed by atoms with Crippen LogP contribution in [0, 0.1) is 11.6 Å². The number of benzene rings is 3. The van der Waals surface area contributed by atoms with Crippen LogP contribution in [0.25, 0.3) is 0 Å². The summed E-state index contributed by atoms with van der Waals surface area (Å²) in [6, 6.07) is 10.3. The van der Waals surface area contributed by atoms with Gasteiger partial charge in [-0.2, -0.15) is 13.2 Å².